The van der Waals surface area contributed by atoms with Crippen LogP contribution in [0.5, 0.6) is 0 Å². The Morgan fingerprint density at radius 1 is 0.500 bits per heavy atom. The van der Waals surface area contributed by atoms with Crippen LogP contribution in [0.25, 0.3) is 38.4 Å². The quantitative estimate of drug-likeness (QED) is 0.140. The fraction of sp³-hybridized carbons (Fsp3) is 0.192. The van der Waals surface area contributed by atoms with Crippen molar-refractivity contribution in [2.75, 3.05) is 9.80 Å². The fourth-order valence-corrected chi connectivity index (χ4v) is 9.00. The van der Waals surface area contributed by atoms with Gasteiger partial charge in [0.1, 0.15) is 0 Å². The zero-order chi connectivity index (χ0) is 36.4. The lowest BCUT2D eigenvalue weighted by atomic mass is 9.87. The van der Waals surface area contributed by atoms with Crippen LogP contribution in [-0.4, -0.2) is 6.04 Å². The van der Waals surface area contributed by atoms with E-state index in [4.69, 9.17) is 0 Å². The Morgan fingerprint density at radius 3 is 1.65 bits per heavy atom. The zero-order valence-electron chi connectivity index (χ0n) is 31.5. The first-order chi connectivity index (χ1) is 26.6. The summed E-state index contributed by atoms with van der Waals surface area (Å²) in [7, 11) is 0. The van der Waals surface area contributed by atoms with Crippen LogP contribution < -0.4 is 9.80 Å². The van der Waals surface area contributed by atoms with E-state index in [9.17, 15) is 0 Å². The van der Waals surface area contributed by atoms with Gasteiger partial charge >= 0.3 is 0 Å². The summed E-state index contributed by atoms with van der Waals surface area (Å²) in [5, 5.41) is 7.73. The van der Waals surface area contributed by atoms with Gasteiger partial charge in [-0.05, 0) is 109 Å². The largest absolute Gasteiger partial charge is 0.338 e. The predicted octanol–water partition coefficient (Wildman–Crippen LogP) is 14.5. The summed E-state index contributed by atoms with van der Waals surface area (Å²) in [5.74, 6) is 0.493. The van der Waals surface area contributed by atoms with Crippen molar-refractivity contribution >= 4 is 61.1 Å². The maximum absolute atomic E-state index is 2.61. The minimum atomic E-state index is 0.305. The molecule has 0 radical (unpaired) electrons. The molecular formula is C52H48N2. The lowest BCUT2D eigenvalue weighted by molar-refractivity contribution is 0.513. The van der Waals surface area contributed by atoms with E-state index in [1.807, 2.05) is 0 Å². The number of allylic oxidation sites excluding steroid dienone is 5. The standard InChI is InChI=1S/C52H48N2/c1-37(31-32-38(2)53(49-27-11-19-40-15-3-7-23-45(40)49)50-28-12-20-41-16-4-8-24-46(41)50)39-33-35-44(36-34-39)54(51-29-13-21-42-17-5-9-25-47(42)51)52-30-14-22-43-18-6-10-26-48(43)52/h3-9,11-25,27-30,33,35,37-38H,10,26,31-32,34,36H2,1-2H3. The number of anilines is 4. The van der Waals surface area contributed by atoms with E-state index in [-0.39, 0.29) is 0 Å². The molecule has 266 valence electrons. The normalized spacial score (nSPS) is 15.1. The van der Waals surface area contributed by atoms with E-state index in [0.717, 1.165) is 38.5 Å². The maximum atomic E-state index is 2.61. The second kappa shape index (κ2) is 14.9. The Morgan fingerprint density at radius 2 is 1.04 bits per heavy atom. The number of benzene rings is 7. The summed E-state index contributed by atoms with van der Waals surface area (Å²) in [6.07, 6.45) is 16.0. The van der Waals surface area contributed by atoms with Crippen LogP contribution in [-0.2, 0) is 6.42 Å². The SMILES string of the molecule is CC(CCC(C)N(c1cccc2ccccc12)c1cccc2ccccc12)C1=CC=C(N(c2cccc3c2CCC=C3)c2cccc3ccccc23)CC1. The van der Waals surface area contributed by atoms with Crippen molar-refractivity contribution in [3.63, 3.8) is 0 Å². The summed E-state index contributed by atoms with van der Waals surface area (Å²) in [6.45, 7) is 4.86. The van der Waals surface area contributed by atoms with E-state index >= 15 is 0 Å². The summed E-state index contributed by atoms with van der Waals surface area (Å²) < 4.78 is 0. The molecule has 0 fully saturated rings. The maximum Gasteiger partial charge on any atom is 0.0536 e. The Kier molecular flexibility index (Phi) is 9.35. The van der Waals surface area contributed by atoms with Crippen LogP contribution >= 0.6 is 0 Å². The van der Waals surface area contributed by atoms with Crippen LogP contribution in [0.1, 0.15) is 57.1 Å². The van der Waals surface area contributed by atoms with Gasteiger partial charge in [-0.25, -0.2) is 0 Å². The van der Waals surface area contributed by atoms with Crippen molar-refractivity contribution in [3.05, 3.63) is 186 Å². The molecule has 0 aliphatic heterocycles. The second-order valence-corrected chi connectivity index (χ2v) is 15.2. The first kappa shape index (κ1) is 33.9. The Balaban J connectivity index is 1.03. The van der Waals surface area contributed by atoms with Crippen molar-refractivity contribution in [2.24, 2.45) is 5.92 Å². The molecular weight excluding hydrogens is 653 g/mol. The first-order valence-corrected chi connectivity index (χ1v) is 19.8. The van der Waals surface area contributed by atoms with Crippen molar-refractivity contribution in [2.45, 2.75) is 58.4 Å². The number of nitrogens with zero attached hydrogens (tertiary/aromatic N) is 2. The van der Waals surface area contributed by atoms with Gasteiger partial charge in [0.05, 0.1) is 5.69 Å². The second-order valence-electron chi connectivity index (χ2n) is 15.2. The van der Waals surface area contributed by atoms with Gasteiger partial charge < -0.3 is 9.80 Å². The summed E-state index contributed by atoms with van der Waals surface area (Å²) >= 11 is 0. The molecule has 0 saturated carbocycles. The van der Waals surface area contributed by atoms with E-state index in [1.54, 1.807) is 5.57 Å². The highest BCUT2D eigenvalue weighted by Crippen LogP contribution is 2.43. The summed E-state index contributed by atoms with van der Waals surface area (Å²) in [6, 6.07) is 53.9. The molecule has 0 aromatic heterocycles. The summed E-state index contributed by atoms with van der Waals surface area (Å²) in [4.78, 5) is 5.19. The van der Waals surface area contributed by atoms with Gasteiger partial charge in [-0.2, -0.15) is 0 Å². The van der Waals surface area contributed by atoms with Crippen molar-refractivity contribution in [3.8, 4) is 0 Å². The molecule has 0 heterocycles. The molecule has 7 aromatic carbocycles. The molecule has 7 aromatic rings. The van der Waals surface area contributed by atoms with Crippen LogP contribution in [0.2, 0.25) is 0 Å². The third kappa shape index (κ3) is 6.41. The molecule has 9 rings (SSSR count). The van der Waals surface area contributed by atoms with Gasteiger partial charge in [0.25, 0.3) is 0 Å². The third-order valence-corrected chi connectivity index (χ3v) is 11.9. The highest BCUT2D eigenvalue weighted by atomic mass is 15.2. The molecule has 2 nitrogen and oxygen atoms in total. The smallest absolute Gasteiger partial charge is 0.0536 e. The topological polar surface area (TPSA) is 6.48 Å². The highest BCUT2D eigenvalue weighted by Gasteiger charge is 2.26. The number of fused-ring (bicyclic) bond motifs is 4. The predicted molar refractivity (Wildman–Crippen MR) is 233 cm³/mol. The molecule has 54 heavy (non-hydrogen) atoms. The fourth-order valence-electron chi connectivity index (χ4n) is 9.00. The van der Waals surface area contributed by atoms with Crippen LogP contribution in [0.3, 0.4) is 0 Å². The van der Waals surface area contributed by atoms with Crippen molar-refractivity contribution in [1.82, 2.24) is 0 Å². The molecule has 0 amide bonds. The van der Waals surface area contributed by atoms with Gasteiger partial charge in [0.15, 0.2) is 0 Å². The molecule has 2 heteroatoms. The van der Waals surface area contributed by atoms with Crippen LogP contribution in [0.4, 0.5) is 22.7 Å². The van der Waals surface area contributed by atoms with Gasteiger partial charge in [0, 0.05) is 45.0 Å². The molecule has 2 unspecified atom stereocenters. The van der Waals surface area contributed by atoms with Gasteiger partial charge in [-0.3, -0.25) is 0 Å². The third-order valence-electron chi connectivity index (χ3n) is 11.9. The van der Waals surface area contributed by atoms with Crippen molar-refractivity contribution < 1.29 is 0 Å². The highest BCUT2D eigenvalue weighted by molar-refractivity contribution is 6.02. The Bertz CT molecular complexity index is 2480. The molecule has 2 aliphatic rings. The Hall–Kier alpha value is -5.86. The molecule has 0 saturated heterocycles. The number of hydrogen-bond donors (Lipinski definition) is 0. The minimum absolute atomic E-state index is 0.305. The van der Waals surface area contributed by atoms with E-state index in [2.05, 4.69) is 194 Å². The van der Waals surface area contributed by atoms with Gasteiger partial charge in [-0.15, -0.1) is 0 Å². The van der Waals surface area contributed by atoms with E-state index in [1.165, 1.54) is 71.9 Å². The average Bonchev–Trinajstić information content (AvgIpc) is 3.23. The number of hydrogen-bond acceptors (Lipinski definition) is 2. The van der Waals surface area contributed by atoms with E-state index in [0.29, 0.717) is 12.0 Å². The lowest BCUT2D eigenvalue weighted by Gasteiger charge is -2.35. The number of rotatable bonds is 10. The Labute approximate surface area is 320 Å². The molecule has 0 spiro atoms. The van der Waals surface area contributed by atoms with Crippen LogP contribution in [0.15, 0.2) is 175 Å². The molecule has 0 N–H and O–H groups in total. The lowest BCUT2D eigenvalue weighted by Crippen LogP contribution is -2.29. The zero-order valence-corrected chi connectivity index (χ0v) is 31.5. The summed E-state index contributed by atoms with van der Waals surface area (Å²) in [5.41, 5.74) is 10.9. The van der Waals surface area contributed by atoms with Crippen molar-refractivity contribution in [1.29, 1.82) is 0 Å². The molecule has 2 aliphatic carbocycles. The molecule has 2 atom stereocenters. The van der Waals surface area contributed by atoms with Gasteiger partial charge in [-0.1, -0.05) is 152 Å². The van der Waals surface area contributed by atoms with E-state index < -0.39 is 0 Å². The van der Waals surface area contributed by atoms with Crippen LogP contribution in [0, 0.1) is 5.92 Å². The monoisotopic (exact) mass is 700 g/mol. The minimum Gasteiger partial charge on any atom is -0.338 e. The van der Waals surface area contributed by atoms with Gasteiger partial charge in [0.2, 0.25) is 0 Å². The first-order valence-electron chi connectivity index (χ1n) is 19.8. The average molecular weight is 701 g/mol. The molecule has 0 bridgehead atoms.